The van der Waals surface area contributed by atoms with Crippen LogP contribution in [-0.4, -0.2) is 26.0 Å². The summed E-state index contributed by atoms with van der Waals surface area (Å²) in [4.78, 5) is 4.59. The molecule has 4 heteroatoms. The van der Waals surface area contributed by atoms with Crippen molar-refractivity contribution in [1.82, 2.24) is 9.55 Å². The largest absolute Gasteiger partial charge is 0.390 e. The number of aliphatic hydroxyl groups is 1. The third-order valence-electron chi connectivity index (χ3n) is 2.82. The van der Waals surface area contributed by atoms with Gasteiger partial charge in [0.1, 0.15) is 0 Å². The highest BCUT2D eigenvalue weighted by Gasteiger charge is 2.29. The summed E-state index contributed by atoms with van der Waals surface area (Å²) in [6, 6.07) is 0.658. The van der Waals surface area contributed by atoms with Gasteiger partial charge >= 0.3 is 0 Å². The first-order valence-electron chi connectivity index (χ1n) is 5.79. The van der Waals surface area contributed by atoms with Crippen LogP contribution in [-0.2, 0) is 0 Å². The number of rotatable bonds is 4. The van der Waals surface area contributed by atoms with Crippen LogP contribution < -0.4 is 0 Å². The van der Waals surface area contributed by atoms with Crippen LogP contribution >= 0.6 is 11.8 Å². The highest BCUT2D eigenvalue weighted by molar-refractivity contribution is 7.99. The summed E-state index contributed by atoms with van der Waals surface area (Å²) in [6.07, 6.45) is 2.54. The van der Waals surface area contributed by atoms with E-state index >= 15 is 0 Å². The second-order valence-electron chi connectivity index (χ2n) is 5.27. The Morgan fingerprint density at radius 3 is 2.56 bits per heavy atom. The van der Waals surface area contributed by atoms with E-state index < -0.39 is 5.60 Å². The van der Waals surface area contributed by atoms with Crippen LogP contribution in [0.2, 0.25) is 0 Å². The monoisotopic (exact) mass is 240 g/mol. The van der Waals surface area contributed by atoms with Gasteiger partial charge in [-0.05, 0) is 40.5 Å². The summed E-state index contributed by atoms with van der Waals surface area (Å²) in [5, 5.41) is 10.8. The van der Waals surface area contributed by atoms with Gasteiger partial charge < -0.3 is 9.67 Å². The molecular formula is C12H20N2OS. The van der Waals surface area contributed by atoms with E-state index in [-0.39, 0.29) is 0 Å². The Balaban J connectivity index is 2.17. The molecule has 1 saturated carbocycles. The number of hydrogen-bond donors (Lipinski definition) is 1. The minimum atomic E-state index is -0.632. The molecule has 1 heterocycles. The molecule has 2 rings (SSSR count). The topological polar surface area (TPSA) is 38.1 Å². The molecule has 0 bridgehead atoms. The molecule has 90 valence electrons. The number of thioether (sulfide) groups is 1. The molecule has 1 aromatic rings. The van der Waals surface area contributed by atoms with Crippen LogP contribution in [0.15, 0.2) is 5.16 Å². The van der Waals surface area contributed by atoms with Crippen molar-refractivity contribution in [3.63, 3.8) is 0 Å². The van der Waals surface area contributed by atoms with Gasteiger partial charge in [-0.2, -0.15) is 0 Å². The second-order valence-corrected chi connectivity index (χ2v) is 6.21. The van der Waals surface area contributed by atoms with E-state index in [0.29, 0.717) is 11.8 Å². The SMILES string of the molecule is Cc1nc(SCC(C)(C)O)n(C2CC2)c1C. The van der Waals surface area contributed by atoms with E-state index in [0.717, 1.165) is 10.9 Å². The molecule has 16 heavy (non-hydrogen) atoms. The highest BCUT2D eigenvalue weighted by Crippen LogP contribution is 2.40. The molecule has 1 fully saturated rings. The lowest BCUT2D eigenvalue weighted by Gasteiger charge is -2.16. The predicted molar refractivity (Wildman–Crippen MR) is 67.0 cm³/mol. The average Bonchev–Trinajstić information content (AvgIpc) is 2.92. The summed E-state index contributed by atoms with van der Waals surface area (Å²) in [7, 11) is 0. The first-order chi connectivity index (χ1) is 7.38. The maximum absolute atomic E-state index is 9.74. The Morgan fingerprint density at radius 2 is 2.06 bits per heavy atom. The fourth-order valence-electron chi connectivity index (χ4n) is 1.70. The van der Waals surface area contributed by atoms with Crippen molar-refractivity contribution in [3.8, 4) is 0 Å². The summed E-state index contributed by atoms with van der Waals surface area (Å²) in [5.74, 6) is 0.690. The average molecular weight is 240 g/mol. The number of aromatic nitrogens is 2. The molecule has 1 aliphatic carbocycles. The first kappa shape index (κ1) is 12.0. The summed E-state index contributed by atoms with van der Waals surface area (Å²) < 4.78 is 2.34. The Bertz CT molecular complexity index is 388. The van der Waals surface area contributed by atoms with Gasteiger partial charge in [-0.3, -0.25) is 0 Å². The quantitative estimate of drug-likeness (QED) is 0.822. The van der Waals surface area contributed by atoms with Gasteiger partial charge in [0, 0.05) is 17.5 Å². The van der Waals surface area contributed by atoms with Gasteiger partial charge in [-0.15, -0.1) is 0 Å². The van der Waals surface area contributed by atoms with E-state index in [1.165, 1.54) is 18.5 Å². The zero-order chi connectivity index (χ0) is 11.9. The van der Waals surface area contributed by atoms with Gasteiger partial charge in [-0.25, -0.2) is 4.98 Å². The third kappa shape index (κ3) is 2.61. The summed E-state index contributed by atoms with van der Waals surface area (Å²) in [5.41, 5.74) is 1.76. The summed E-state index contributed by atoms with van der Waals surface area (Å²) >= 11 is 1.66. The van der Waals surface area contributed by atoms with Crippen molar-refractivity contribution < 1.29 is 5.11 Å². The van der Waals surface area contributed by atoms with Gasteiger partial charge in [0.2, 0.25) is 0 Å². The maximum Gasteiger partial charge on any atom is 0.168 e. The molecule has 0 radical (unpaired) electrons. The van der Waals surface area contributed by atoms with Crippen LogP contribution in [0.5, 0.6) is 0 Å². The van der Waals surface area contributed by atoms with Crippen molar-refractivity contribution in [2.75, 3.05) is 5.75 Å². The van der Waals surface area contributed by atoms with Gasteiger partial charge in [-0.1, -0.05) is 11.8 Å². The van der Waals surface area contributed by atoms with Crippen molar-refractivity contribution >= 4 is 11.8 Å². The first-order valence-corrected chi connectivity index (χ1v) is 6.77. The summed E-state index contributed by atoms with van der Waals surface area (Å²) in [6.45, 7) is 7.87. The third-order valence-corrected chi connectivity index (χ3v) is 4.22. The van der Waals surface area contributed by atoms with Crippen molar-refractivity contribution in [1.29, 1.82) is 0 Å². The molecule has 3 nitrogen and oxygen atoms in total. The van der Waals surface area contributed by atoms with E-state index in [2.05, 4.69) is 23.4 Å². The Hall–Kier alpha value is -0.480. The minimum Gasteiger partial charge on any atom is -0.390 e. The molecule has 0 aromatic carbocycles. The van der Waals surface area contributed by atoms with E-state index in [1.807, 2.05) is 13.8 Å². The zero-order valence-electron chi connectivity index (χ0n) is 10.4. The van der Waals surface area contributed by atoms with Crippen LogP contribution in [0.4, 0.5) is 0 Å². The molecule has 0 saturated heterocycles. The highest BCUT2D eigenvalue weighted by atomic mass is 32.2. The normalized spacial score (nSPS) is 16.8. The predicted octanol–water partition coefficient (Wildman–Crippen LogP) is 2.70. The number of aryl methyl sites for hydroxylation is 1. The lowest BCUT2D eigenvalue weighted by molar-refractivity contribution is 0.107. The van der Waals surface area contributed by atoms with Crippen molar-refractivity contribution in [2.45, 2.75) is 57.3 Å². The van der Waals surface area contributed by atoms with Crippen LogP contribution in [0.3, 0.4) is 0 Å². The maximum atomic E-state index is 9.74. The second kappa shape index (κ2) is 4.08. The fourth-order valence-corrected chi connectivity index (χ4v) is 2.81. The van der Waals surface area contributed by atoms with Crippen LogP contribution in [0, 0.1) is 13.8 Å². The van der Waals surface area contributed by atoms with Gasteiger partial charge in [0.05, 0.1) is 11.3 Å². The standard InChI is InChI=1S/C12H20N2OS/c1-8-9(2)14(10-5-6-10)11(13-8)16-7-12(3,4)15/h10,15H,5-7H2,1-4H3. The Labute approximate surface area is 101 Å². The van der Waals surface area contributed by atoms with Crippen molar-refractivity contribution in [2.24, 2.45) is 0 Å². The molecule has 1 aliphatic rings. The van der Waals surface area contributed by atoms with Crippen LogP contribution in [0.1, 0.15) is 44.1 Å². The van der Waals surface area contributed by atoms with E-state index in [9.17, 15) is 5.11 Å². The smallest absolute Gasteiger partial charge is 0.168 e. The minimum absolute atomic E-state index is 0.632. The Morgan fingerprint density at radius 1 is 1.44 bits per heavy atom. The lowest BCUT2D eigenvalue weighted by atomic mass is 10.2. The molecule has 0 aliphatic heterocycles. The number of imidazole rings is 1. The van der Waals surface area contributed by atoms with Gasteiger partial charge in [0.15, 0.2) is 5.16 Å². The molecule has 0 atom stereocenters. The van der Waals surface area contributed by atoms with E-state index in [4.69, 9.17) is 0 Å². The Kier molecular flexibility index (Phi) is 3.05. The molecule has 0 spiro atoms. The molecular weight excluding hydrogens is 220 g/mol. The lowest BCUT2D eigenvalue weighted by Crippen LogP contribution is -2.22. The molecule has 1 N–H and O–H groups in total. The molecule has 0 unspecified atom stereocenters. The van der Waals surface area contributed by atoms with Crippen molar-refractivity contribution in [3.05, 3.63) is 11.4 Å². The number of hydrogen-bond acceptors (Lipinski definition) is 3. The molecule has 0 amide bonds. The van der Waals surface area contributed by atoms with Crippen LogP contribution in [0.25, 0.3) is 0 Å². The van der Waals surface area contributed by atoms with Gasteiger partial charge in [0.25, 0.3) is 0 Å². The van der Waals surface area contributed by atoms with E-state index in [1.54, 1.807) is 11.8 Å². The number of nitrogens with zero attached hydrogens (tertiary/aromatic N) is 2. The fraction of sp³-hybridized carbons (Fsp3) is 0.750. The molecule has 1 aromatic heterocycles. The zero-order valence-corrected chi connectivity index (χ0v) is 11.3.